The van der Waals surface area contributed by atoms with E-state index in [0.717, 1.165) is 43.0 Å². The van der Waals surface area contributed by atoms with E-state index in [-0.39, 0.29) is 12.1 Å². The van der Waals surface area contributed by atoms with Crippen LogP contribution in [0.1, 0.15) is 69.4 Å². The zero-order valence-corrected chi connectivity index (χ0v) is 17.8. The minimum Gasteiger partial charge on any atom is -0.493 e. The molecule has 1 aliphatic carbocycles. The molecule has 1 aromatic rings. The second kappa shape index (κ2) is 9.82. The molecule has 29 heavy (non-hydrogen) atoms. The van der Waals surface area contributed by atoms with E-state index in [2.05, 4.69) is 15.9 Å². The molecule has 5 nitrogen and oxygen atoms in total. The summed E-state index contributed by atoms with van der Waals surface area (Å²) in [6.07, 6.45) is 11.4. The minimum atomic E-state index is -0.214. The average molecular weight is 398 g/mol. The van der Waals surface area contributed by atoms with E-state index in [4.69, 9.17) is 9.47 Å². The molecule has 2 heterocycles. The number of nitriles is 1. The fraction of sp³-hybridized carbons (Fsp3) is 0.708. The standard InChI is InChI=1S/C24H35N3O2/c1-28-23-10-9-19(17-24(23)29-21-7-3-4-8-21)22(18-25)27-15-11-20(12-16-27)26-13-5-2-6-14-26/h9-10,17,20-22H,2-8,11-16H2,1H3. The van der Waals surface area contributed by atoms with Crippen LogP contribution in [0, 0.1) is 11.3 Å². The molecule has 0 radical (unpaired) electrons. The maximum Gasteiger partial charge on any atom is 0.161 e. The summed E-state index contributed by atoms with van der Waals surface area (Å²) in [6.45, 7) is 4.49. The smallest absolute Gasteiger partial charge is 0.161 e. The fourth-order valence-electron chi connectivity index (χ4n) is 5.30. The third-order valence-corrected chi connectivity index (χ3v) is 6.99. The van der Waals surface area contributed by atoms with Gasteiger partial charge in [0.1, 0.15) is 6.04 Å². The Morgan fingerprint density at radius 1 is 0.931 bits per heavy atom. The van der Waals surface area contributed by atoms with Crippen molar-refractivity contribution < 1.29 is 9.47 Å². The Morgan fingerprint density at radius 3 is 2.31 bits per heavy atom. The lowest BCUT2D eigenvalue weighted by Crippen LogP contribution is -2.47. The number of nitrogens with zero attached hydrogens (tertiary/aromatic N) is 3. The summed E-state index contributed by atoms with van der Waals surface area (Å²) in [7, 11) is 1.68. The third kappa shape index (κ3) is 4.87. The Hall–Kier alpha value is -1.77. The SMILES string of the molecule is COc1ccc(C(C#N)N2CCC(N3CCCCC3)CC2)cc1OC1CCCC1. The summed E-state index contributed by atoms with van der Waals surface area (Å²) >= 11 is 0. The molecule has 0 N–H and O–H groups in total. The lowest BCUT2D eigenvalue weighted by Gasteiger charge is -2.41. The van der Waals surface area contributed by atoms with E-state index in [0.29, 0.717) is 6.04 Å². The van der Waals surface area contributed by atoms with Gasteiger partial charge in [-0.1, -0.05) is 12.5 Å². The van der Waals surface area contributed by atoms with E-state index in [9.17, 15) is 5.26 Å². The molecule has 1 aromatic carbocycles. The van der Waals surface area contributed by atoms with Crippen LogP contribution in [0.4, 0.5) is 0 Å². The number of hydrogen-bond donors (Lipinski definition) is 0. The summed E-state index contributed by atoms with van der Waals surface area (Å²) in [5, 5.41) is 9.97. The highest BCUT2D eigenvalue weighted by atomic mass is 16.5. The van der Waals surface area contributed by atoms with Crippen molar-refractivity contribution >= 4 is 0 Å². The molecule has 158 valence electrons. The lowest BCUT2D eigenvalue weighted by molar-refractivity contribution is 0.0825. The van der Waals surface area contributed by atoms with Gasteiger partial charge in [-0.05, 0) is 82.2 Å². The molecule has 0 aromatic heterocycles. The second-order valence-electron chi connectivity index (χ2n) is 8.83. The van der Waals surface area contributed by atoms with Gasteiger partial charge in [-0.25, -0.2) is 0 Å². The van der Waals surface area contributed by atoms with Crippen LogP contribution in [-0.4, -0.2) is 55.2 Å². The quantitative estimate of drug-likeness (QED) is 0.706. The van der Waals surface area contributed by atoms with Gasteiger partial charge < -0.3 is 14.4 Å². The highest BCUT2D eigenvalue weighted by Crippen LogP contribution is 2.36. The molecule has 1 unspecified atom stereocenters. The molecule has 4 rings (SSSR count). The van der Waals surface area contributed by atoms with E-state index in [1.807, 2.05) is 18.2 Å². The predicted octanol–water partition coefficient (Wildman–Crippen LogP) is 4.53. The Bertz CT molecular complexity index is 697. The van der Waals surface area contributed by atoms with Gasteiger partial charge in [-0.2, -0.15) is 5.26 Å². The Kier molecular flexibility index (Phi) is 6.94. The van der Waals surface area contributed by atoms with Gasteiger partial charge in [-0.15, -0.1) is 0 Å². The van der Waals surface area contributed by atoms with Crippen LogP contribution in [0.2, 0.25) is 0 Å². The molecule has 0 spiro atoms. The van der Waals surface area contributed by atoms with Crippen LogP contribution in [0.15, 0.2) is 18.2 Å². The van der Waals surface area contributed by atoms with Crippen LogP contribution in [0.3, 0.4) is 0 Å². The molecule has 5 heteroatoms. The summed E-state index contributed by atoms with van der Waals surface area (Å²) in [4.78, 5) is 5.03. The van der Waals surface area contributed by atoms with E-state index >= 15 is 0 Å². The van der Waals surface area contributed by atoms with E-state index in [1.54, 1.807) is 7.11 Å². The number of ether oxygens (including phenoxy) is 2. The highest BCUT2D eigenvalue weighted by Gasteiger charge is 2.30. The Labute approximate surface area is 175 Å². The van der Waals surface area contributed by atoms with Crippen molar-refractivity contribution in [3.8, 4) is 17.6 Å². The van der Waals surface area contributed by atoms with Gasteiger partial charge in [0.2, 0.25) is 0 Å². The predicted molar refractivity (Wildman–Crippen MR) is 114 cm³/mol. The van der Waals surface area contributed by atoms with Crippen molar-refractivity contribution in [2.45, 2.75) is 76.0 Å². The fourth-order valence-corrected chi connectivity index (χ4v) is 5.30. The number of likely N-dealkylation sites (tertiary alicyclic amines) is 2. The van der Waals surface area contributed by atoms with Crippen molar-refractivity contribution in [1.82, 2.24) is 9.80 Å². The number of piperidine rings is 2. The van der Waals surface area contributed by atoms with Gasteiger partial charge in [0, 0.05) is 19.1 Å². The van der Waals surface area contributed by atoms with Crippen LogP contribution in [-0.2, 0) is 0 Å². The van der Waals surface area contributed by atoms with E-state index in [1.165, 1.54) is 58.0 Å². The molecule has 1 atom stereocenters. The van der Waals surface area contributed by atoms with Gasteiger partial charge in [-0.3, -0.25) is 4.90 Å². The number of methoxy groups -OCH3 is 1. The molecular formula is C24H35N3O2. The first-order valence-corrected chi connectivity index (χ1v) is 11.5. The van der Waals surface area contributed by atoms with Crippen molar-refractivity contribution in [3.63, 3.8) is 0 Å². The average Bonchev–Trinajstić information content (AvgIpc) is 3.29. The van der Waals surface area contributed by atoms with Gasteiger partial charge >= 0.3 is 0 Å². The molecule has 0 bridgehead atoms. The Morgan fingerprint density at radius 2 is 1.66 bits per heavy atom. The summed E-state index contributed by atoms with van der Waals surface area (Å²) in [6, 6.07) is 9.08. The summed E-state index contributed by atoms with van der Waals surface area (Å²) in [5.74, 6) is 1.56. The topological polar surface area (TPSA) is 48.7 Å². The maximum absolute atomic E-state index is 9.97. The monoisotopic (exact) mass is 397 g/mol. The minimum absolute atomic E-state index is 0.214. The molecule has 0 amide bonds. The number of rotatable bonds is 6. The largest absolute Gasteiger partial charge is 0.493 e. The van der Waals surface area contributed by atoms with Crippen molar-refractivity contribution in [1.29, 1.82) is 5.26 Å². The molecule has 3 fully saturated rings. The summed E-state index contributed by atoms with van der Waals surface area (Å²) in [5.41, 5.74) is 1.03. The molecule has 3 aliphatic rings. The molecule has 1 saturated carbocycles. The normalized spacial score (nSPS) is 23.6. The Balaban J connectivity index is 1.42. The first-order chi connectivity index (χ1) is 14.3. The third-order valence-electron chi connectivity index (χ3n) is 6.99. The van der Waals surface area contributed by atoms with Crippen LogP contribution in [0.5, 0.6) is 11.5 Å². The molecule has 2 saturated heterocycles. The van der Waals surface area contributed by atoms with Gasteiger partial charge in [0.05, 0.1) is 19.3 Å². The van der Waals surface area contributed by atoms with Crippen molar-refractivity contribution in [2.24, 2.45) is 0 Å². The number of hydrogen-bond acceptors (Lipinski definition) is 5. The van der Waals surface area contributed by atoms with Gasteiger partial charge in [0.25, 0.3) is 0 Å². The molecular weight excluding hydrogens is 362 g/mol. The summed E-state index contributed by atoms with van der Waals surface area (Å²) < 4.78 is 11.8. The van der Waals surface area contributed by atoms with Crippen LogP contribution < -0.4 is 9.47 Å². The van der Waals surface area contributed by atoms with Crippen LogP contribution >= 0.6 is 0 Å². The van der Waals surface area contributed by atoms with Crippen LogP contribution in [0.25, 0.3) is 0 Å². The first kappa shape index (κ1) is 20.5. The van der Waals surface area contributed by atoms with E-state index < -0.39 is 0 Å². The maximum atomic E-state index is 9.97. The van der Waals surface area contributed by atoms with Crippen molar-refractivity contribution in [3.05, 3.63) is 23.8 Å². The zero-order chi connectivity index (χ0) is 20.1. The lowest BCUT2D eigenvalue weighted by atomic mass is 9.97. The van der Waals surface area contributed by atoms with Gasteiger partial charge in [0.15, 0.2) is 11.5 Å². The first-order valence-electron chi connectivity index (χ1n) is 11.5. The highest BCUT2D eigenvalue weighted by molar-refractivity contribution is 5.45. The van der Waals surface area contributed by atoms with Crippen molar-refractivity contribution in [2.75, 3.05) is 33.3 Å². The second-order valence-corrected chi connectivity index (χ2v) is 8.83. The zero-order valence-electron chi connectivity index (χ0n) is 17.8. The molecule has 2 aliphatic heterocycles. The number of benzene rings is 1.